The summed E-state index contributed by atoms with van der Waals surface area (Å²) >= 11 is 0. The lowest BCUT2D eigenvalue weighted by molar-refractivity contribution is -0.137. The van der Waals surface area contributed by atoms with Crippen molar-refractivity contribution in [2.75, 3.05) is 56.3 Å². The van der Waals surface area contributed by atoms with Gasteiger partial charge in [-0.2, -0.15) is 18.2 Å². The number of ether oxygens (including phenoxy) is 1. The lowest BCUT2D eigenvalue weighted by Crippen LogP contribution is -2.28. The first-order valence-electron chi connectivity index (χ1n) is 15.7. The summed E-state index contributed by atoms with van der Waals surface area (Å²) in [7, 11) is 0.00237. The molecule has 4 aromatic rings. The molecule has 0 radical (unpaired) electrons. The fourth-order valence-electron chi connectivity index (χ4n) is 5.47. The van der Waals surface area contributed by atoms with Gasteiger partial charge < -0.3 is 25.6 Å². The number of hydrogen-bond donors (Lipinski definition) is 4. The number of alkyl halides is 3. The fraction of sp³-hybridized carbons (Fsp3) is 0.324. The van der Waals surface area contributed by atoms with Gasteiger partial charge in [0.1, 0.15) is 18.2 Å². The monoisotopic (exact) mass is 695 g/mol. The van der Waals surface area contributed by atoms with E-state index in [1.165, 1.54) is 18.2 Å². The average Bonchev–Trinajstić information content (AvgIpc) is 3.87. The molecule has 1 amide bonds. The van der Waals surface area contributed by atoms with Gasteiger partial charge in [-0.05, 0) is 93.0 Å². The molecule has 49 heavy (non-hydrogen) atoms. The third-order valence-corrected chi connectivity index (χ3v) is 9.82. The smallest absolute Gasteiger partial charge is 0.416 e. The van der Waals surface area contributed by atoms with Crippen LogP contribution in [0.3, 0.4) is 0 Å². The highest BCUT2D eigenvalue weighted by molar-refractivity contribution is 7.89. The number of nitrogens with one attached hydrogen (secondary N) is 4. The number of benzene rings is 3. The molecule has 1 saturated carbocycles. The van der Waals surface area contributed by atoms with Gasteiger partial charge in [0, 0.05) is 42.8 Å². The number of nitrogens with zero attached hydrogens (tertiary/aromatic N) is 3. The van der Waals surface area contributed by atoms with Crippen LogP contribution in [0.5, 0.6) is 5.75 Å². The second kappa shape index (κ2) is 13.6. The van der Waals surface area contributed by atoms with Crippen molar-refractivity contribution in [3.8, 4) is 16.9 Å². The molecule has 1 aliphatic heterocycles. The Labute approximate surface area is 282 Å². The highest BCUT2D eigenvalue weighted by Crippen LogP contribution is 2.51. The van der Waals surface area contributed by atoms with Crippen LogP contribution in [-0.2, 0) is 26.4 Å². The van der Waals surface area contributed by atoms with Gasteiger partial charge in [0.25, 0.3) is 0 Å². The molecule has 4 bridgehead atoms. The summed E-state index contributed by atoms with van der Waals surface area (Å²) in [6.45, 7) is 1.38. The Hall–Kier alpha value is -4.73. The maximum Gasteiger partial charge on any atom is 0.416 e. The zero-order valence-corrected chi connectivity index (χ0v) is 27.7. The minimum Gasteiger partial charge on any atom is -0.492 e. The van der Waals surface area contributed by atoms with Crippen LogP contribution in [0.25, 0.3) is 11.1 Å². The molecule has 0 saturated heterocycles. The van der Waals surface area contributed by atoms with Crippen molar-refractivity contribution in [1.82, 2.24) is 19.6 Å². The van der Waals surface area contributed by atoms with Gasteiger partial charge in [0.05, 0.1) is 15.9 Å². The summed E-state index contributed by atoms with van der Waals surface area (Å²) in [4.78, 5) is 24.6. The summed E-state index contributed by atoms with van der Waals surface area (Å²) in [6, 6.07) is 16.9. The molecular weight excluding hydrogens is 659 g/mol. The highest BCUT2D eigenvalue weighted by Gasteiger charge is 2.52. The lowest BCUT2D eigenvalue weighted by Gasteiger charge is -2.20. The number of aromatic nitrogens is 2. The van der Waals surface area contributed by atoms with Gasteiger partial charge in [-0.15, -0.1) is 0 Å². The van der Waals surface area contributed by atoms with Crippen LogP contribution in [0.15, 0.2) is 77.8 Å². The quantitative estimate of drug-likeness (QED) is 0.185. The minimum atomic E-state index is -4.60. The van der Waals surface area contributed by atoms with E-state index < -0.39 is 33.1 Å². The number of halogens is 3. The summed E-state index contributed by atoms with van der Waals surface area (Å²) in [6.07, 6.45) is -1.63. The van der Waals surface area contributed by atoms with E-state index in [1.54, 1.807) is 42.6 Å². The normalized spacial score (nSPS) is 16.6. The molecule has 0 spiro atoms. The second-order valence-electron chi connectivity index (χ2n) is 12.3. The first-order valence-corrected chi connectivity index (χ1v) is 17.2. The van der Waals surface area contributed by atoms with Crippen molar-refractivity contribution >= 4 is 39.1 Å². The zero-order chi connectivity index (χ0) is 34.8. The van der Waals surface area contributed by atoms with Gasteiger partial charge in [-0.3, -0.25) is 4.79 Å². The third-order valence-electron chi connectivity index (χ3n) is 8.36. The molecule has 11 nitrogen and oxygen atoms in total. The van der Waals surface area contributed by atoms with Gasteiger partial charge in [0.15, 0.2) is 0 Å². The van der Waals surface area contributed by atoms with E-state index in [-0.39, 0.29) is 35.3 Å². The SMILES string of the molecule is CN(C)CCOc1cc(C(F)(F)F)cc(C2(C(=O)Nc3ccc(-c4cnc5nc4NCCCNS(=O)(=O)c4cccc(c4)N5)cc3)CC2)c1. The van der Waals surface area contributed by atoms with Crippen LogP contribution in [-0.4, -0.2) is 69.5 Å². The van der Waals surface area contributed by atoms with Crippen molar-refractivity contribution in [2.45, 2.75) is 35.7 Å². The van der Waals surface area contributed by atoms with E-state index >= 15 is 0 Å². The van der Waals surface area contributed by atoms with E-state index in [4.69, 9.17) is 4.74 Å². The van der Waals surface area contributed by atoms with E-state index in [2.05, 4.69) is 30.6 Å². The number of carbonyl (C=O) groups is 1. The molecule has 0 atom stereocenters. The Bertz CT molecular complexity index is 1950. The average molecular weight is 696 g/mol. The van der Waals surface area contributed by atoms with Gasteiger partial charge >= 0.3 is 6.18 Å². The Morgan fingerprint density at radius 1 is 1.04 bits per heavy atom. The molecule has 2 aliphatic rings. The number of anilines is 4. The van der Waals surface area contributed by atoms with Gasteiger partial charge in [-0.1, -0.05) is 18.2 Å². The standard InChI is InChI=1S/C34H36F3N7O4S/c1-44(2)15-16-48-27-18-23(17-24(19-27)34(35,36)37)33(11-12-33)31(45)41-25-9-7-22(8-10-25)29-21-39-32-42-26-5-3-6-28(20-26)49(46,47)40-14-4-13-38-30(29)43-32/h3,5-10,17-21,40H,4,11-16H2,1-2H3,(H,41,45)(H2,38,39,42,43). The van der Waals surface area contributed by atoms with Crippen molar-refractivity contribution in [2.24, 2.45) is 0 Å². The fourth-order valence-corrected chi connectivity index (χ4v) is 6.59. The Morgan fingerprint density at radius 3 is 2.53 bits per heavy atom. The molecule has 4 N–H and O–H groups in total. The molecule has 3 aromatic carbocycles. The van der Waals surface area contributed by atoms with Gasteiger partial charge in [0.2, 0.25) is 21.9 Å². The molecule has 1 fully saturated rings. The Balaban J connectivity index is 1.20. The second-order valence-corrected chi connectivity index (χ2v) is 14.1. The first kappa shape index (κ1) is 34.1. The number of fused-ring (bicyclic) bond motifs is 4. The molecule has 0 unspecified atom stereocenters. The summed E-state index contributed by atoms with van der Waals surface area (Å²) in [5.41, 5.74) is 0.732. The van der Waals surface area contributed by atoms with Crippen molar-refractivity contribution in [3.63, 3.8) is 0 Å². The molecule has 1 aromatic heterocycles. The van der Waals surface area contributed by atoms with E-state index in [9.17, 15) is 26.4 Å². The molecule has 6 rings (SSSR count). The summed E-state index contributed by atoms with van der Waals surface area (Å²) < 4.78 is 75.0. The van der Waals surface area contributed by atoms with Crippen LogP contribution >= 0.6 is 0 Å². The predicted octanol–water partition coefficient (Wildman–Crippen LogP) is 5.61. The third kappa shape index (κ3) is 7.95. The molecule has 15 heteroatoms. The van der Waals surface area contributed by atoms with Crippen LogP contribution in [0.1, 0.15) is 30.4 Å². The number of likely N-dealkylation sites (N-methyl/N-ethyl adjacent to an activating group) is 1. The Morgan fingerprint density at radius 2 is 1.82 bits per heavy atom. The van der Waals surface area contributed by atoms with Gasteiger partial charge in [-0.25, -0.2) is 18.1 Å². The lowest BCUT2D eigenvalue weighted by atomic mass is 9.92. The van der Waals surface area contributed by atoms with Crippen molar-refractivity contribution < 1.29 is 31.1 Å². The Kier molecular flexibility index (Phi) is 9.51. The number of amides is 1. The highest BCUT2D eigenvalue weighted by atomic mass is 32.2. The number of rotatable bonds is 8. The van der Waals surface area contributed by atoms with E-state index in [1.807, 2.05) is 19.0 Å². The van der Waals surface area contributed by atoms with Crippen LogP contribution in [0.4, 0.5) is 36.3 Å². The van der Waals surface area contributed by atoms with Crippen molar-refractivity contribution in [3.05, 3.63) is 84.1 Å². The molecule has 2 heterocycles. The number of carbonyl (C=O) groups excluding carboxylic acids is 1. The van der Waals surface area contributed by atoms with Crippen LogP contribution < -0.4 is 25.4 Å². The van der Waals surface area contributed by atoms with E-state index in [0.29, 0.717) is 55.1 Å². The number of hydrogen-bond acceptors (Lipinski definition) is 9. The van der Waals surface area contributed by atoms with Crippen molar-refractivity contribution in [1.29, 1.82) is 0 Å². The number of sulfonamides is 1. The topological polar surface area (TPSA) is 138 Å². The maximum absolute atomic E-state index is 13.8. The van der Waals surface area contributed by atoms with E-state index in [0.717, 1.165) is 17.7 Å². The largest absolute Gasteiger partial charge is 0.492 e. The molecule has 1 aliphatic carbocycles. The van der Waals surface area contributed by atoms with Crippen LogP contribution in [0.2, 0.25) is 0 Å². The summed E-state index contributed by atoms with van der Waals surface area (Å²) in [5, 5.41) is 9.21. The summed E-state index contributed by atoms with van der Waals surface area (Å²) in [5.74, 6) is 0.479. The molecule has 258 valence electrons. The molecular formula is C34H36F3N7O4S. The zero-order valence-electron chi connectivity index (χ0n) is 26.9. The van der Waals surface area contributed by atoms with Crippen LogP contribution in [0, 0.1) is 0 Å². The predicted molar refractivity (Wildman–Crippen MR) is 181 cm³/mol. The first-order chi connectivity index (χ1) is 23.3. The minimum absolute atomic E-state index is 0.0745. The maximum atomic E-state index is 13.8.